The molecule has 0 saturated heterocycles. The molecule has 0 saturated carbocycles. The fourth-order valence-corrected chi connectivity index (χ4v) is 2.61. The summed E-state index contributed by atoms with van der Waals surface area (Å²) in [5, 5.41) is 0. The minimum absolute atomic E-state index is 0. The highest BCUT2D eigenvalue weighted by molar-refractivity contribution is 5.85. The summed E-state index contributed by atoms with van der Waals surface area (Å²) < 4.78 is 0. The zero-order valence-corrected chi connectivity index (χ0v) is 13.5. The first-order valence-corrected chi connectivity index (χ1v) is 6.79. The van der Waals surface area contributed by atoms with E-state index in [2.05, 4.69) is 46.3 Å². The Hall–Kier alpha value is -1.13. The van der Waals surface area contributed by atoms with Crippen LogP contribution >= 0.6 is 24.8 Å². The molecular formula is C16H21Cl2N3. The second-order valence-corrected chi connectivity index (χ2v) is 5.06. The smallest absolute Gasteiger partial charge is 0.0543 e. The van der Waals surface area contributed by atoms with E-state index < -0.39 is 0 Å². The molecule has 0 unspecified atom stereocenters. The molecule has 2 heterocycles. The second-order valence-electron chi connectivity index (χ2n) is 5.06. The average molecular weight is 326 g/mol. The van der Waals surface area contributed by atoms with Gasteiger partial charge in [0.2, 0.25) is 0 Å². The number of hydrogen-bond acceptors (Lipinski definition) is 3. The van der Waals surface area contributed by atoms with Gasteiger partial charge in [-0.1, -0.05) is 36.4 Å². The molecule has 0 fully saturated rings. The quantitative estimate of drug-likeness (QED) is 0.943. The predicted molar refractivity (Wildman–Crippen MR) is 90.9 cm³/mol. The van der Waals surface area contributed by atoms with Gasteiger partial charge < -0.3 is 5.73 Å². The maximum absolute atomic E-state index is 5.64. The SMILES string of the molecule is Cl.Cl.NCc1ccc2c(n1)CCN(Cc1ccccc1)C2. The first kappa shape index (κ1) is 17.9. The molecule has 0 spiro atoms. The molecule has 3 rings (SSSR count). The maximum Gasteiger partial charge on any atom is 0.0543 e. The van der Waals surface area contributed by atoms with Gasteiger partial charge in [-0.3, -0.25) is 9.88 Å². The lowest BCUT2D eigenvalue weighted by Gasteiger charge is -2.28. The Balaban J connectivity index is 0.00000110. The first-order chi connectivity index (χ1) is 9.35. The number of aromatic nitrogens is 1. The standard InChI is InChI=1S/C16H19N3.2ClH/c17-10-15-7-6-14-12-19(9-8-16(14)18-15)11-13-4-2-1-3-5-13;;/h1-7H,8-12,17H2;2*1H. The second kappa shape index (κ2) is 8.35. The summed E-state index contributed by atoms with van der Waals surface area (Å²) in [5.74, 6) is 0. The van der Waals surface area contributed by atoms with Gasteiger partial charge in [-0.2, -0.15) is 0 Å². The minimum atomic E-state index is 0. The Bertz CT molecular complexity index is 561. The van der Waals surface area contributed by atoms with Gasteiger partial charge in [0.25, 0.3) is 0 Å². The van der Waals surface area contributed by atoms with Crippen LogP contribution in [0.5, 0.6) is 0 Å². The lowest BCUT2D eigenvalue weighted by atomic mass is 10.0. The van der Waals surface area contributed by atoms with Crippen molar-refractivity contribution in [1.82, 2.24) is 9.88 Å². The molecule has 0 bridgehead atoms. The Morgan fingerprint density at radius 1 is 1.05 bits per heavy atom. The van der Waals surface area contributed by atoms with Crippen molar-refractivity contribution in [2.24, 2.45) is 5.73 Å². The molecule has 0 radical (unpaired) electrons. The monoisotopic (exact) mass is 325 g/mol. The van der Waals surface area contributed by atoms with Crippen molar-refractivity contribution >= 4 is 24.8 Å². The van der Waals surface area contributed by atoms with Crippen LogP contribution in [0.2, 0.25) is 0 Å². The summed E-state index contributed by atoms with van der Waals surface area (Å²) >= 11 is 0. The number of rotatable bonds is 3. The van der Waals surface area contributed by atoms with E-state index >= 15 is 0 Å². The van der Waals surface area contributed by atoms with Crippen LogP contribution in [0.3, 0.4) is 0 Å². The van der Waals surface area contributed by atoms with E-state index in [1.807, 2.05) is 6.07 Å². The lowest BCUT2D eigenvalue weighted by Crippen LogP contribution is -2.30. The number of pyridine rings is 1. The Morgan fingerprint density at radius 2 is 1.81 bits per heavy atom. The van der Waals surface area contributed by atoms with Crippen LogP contribution in [0.4, 0.5) is 0 Å². The van der Waals surface area contributed by atoms with E-state index in [0.717, 1.165) is 31.7 Å². The Labute approximate surface area is 138 Å². The molecule has 0 aliphatic carbocycles. The molecule has 114 valence electrons. The average Bonchev–Trinajstić information content (AvgIpc) is 2.48. The zero-order chi connectivity index (χ0) is 13.1. The molecule has 1 aliphatic heterocycles. The van der Waals surface area contributed by atoms with Gasteiger partial charge in [-0.25, -0.2) is 0 Å². The molecule has 1 aliphatic rings. The summed E-state index contributed by atoms with van der Waals surface area (Å²) in [5.41, 5.74) is 10.6. The van der Waals surface area contributed by atoms with Gasteiger partial charge in [0.1, 0.15) is 0 Å². The van der Waals surface area contributed by atoms with E-state index in [9.17, 15) is 0 Å². The van der Waals surface area contributed by atoms with E-state index in [1.54, 1.807) is 0 Å². The summed E-state index contributed by atoms with van der Waals surface area (Å²) in [7, 11) is 0. The number of hydrogen-bond donors (Lipinski definition) is 1. The molecular weight excluding hydrogens is 305 g/mol. The van der Waals surface area contributed by atoms with Crippen molar-refractivity contribution in [3.05, 3.63) is 65.0 Å². The summed E-state index contributed by atoms with van der Waals surface area (Å²) in [4.78, 5) is 7.10. The first-order valence-electron chi connectivity index (χ1n) is 6.79. The topological polar surface area (TPSA) is 42.1 Å². The number of fused-ring (bicyclic) bond motifs is 1. The van der Waals surface area contributed by atoms with Crippen LogP contribution < -0.4 is 5.73 Å². The normalized spacial score (nSPS) is 13.8. The van der Waals surface area contributed by atoms with E-state index in [4.69, 9.17) is 5.73 Å². The maximum atomic E-state index is 5.64. The number of benzene rings is 1. The highest BCUT2D eigenvalue weighted by Crippen LogP contribution is 2.19. The van der Waals surface area contributed by atoms with Crippen LogP contribution in [0.15, 0.2) is 42.5 Å². The minimum Gasteiger partial charge on any atom is -0.325 e. The van der Waals surface area contributed by atoms with Crippen LogP contribution in [-0.2, 0) is 26.1 Å². The molecule has 3 nitrogen and oxygen atoms in total. The van der Waals surface area contributed by atoms with Gasteiger partial charge in [-0.15, -0.1) is 24.8 Å². The molecule has 2 aromatic rings. The highest BCUT2D eigenvalue weighted by atomic mass is 35.5. The van der Waals surface area contributed by atoms with Crippen molar-refractivity contribution in [3.8, 4) is 0 Å². The van der Waals surface area contributed by atoms with Crippen molar-refractivity contribution in [3.63, 3.8) is 0 Å². The molecule has 0 atom stereocenters. The number of halogens is 2. The molecule has 5 heteroatoms. The van der Waals surface area contributed by atoms with E-state index in [-0.39, 0.29) is 24.8 Å². The summed E-state index contributed by atoms with van der Waals surface area (Å²) in [6, 6.07) is 14.9. The molecule has 21 heavy (non-hydrogen) atoms. The highest BCUT2D eigenvalue weighted by Gasteiger charge is 2.17. The van der Waals surface area contributed by atoms with Gasteiger partial charge in [0.05, 0.1) is 5.69 Å². The summed E-state index contributed by atoms with van der Waals surface area (Å²) in [6.07, 6.45) is 1.02. The Morgan fingerprint density at radius 3 is 2.52 bits per heavy atom. The van der Waals surface area contributed by atoms with Crippen molar-refractivity contribution in [2.75, 3.05) is 6.54 Å². The molecule has 0 amide bonds. The molecule has 2 N–H and O–H groups in total. The van der Waals surface area contributed by atoms with Gasteiger partial charge in [-0.05, 0) is 17.2 Å². The third kappa shape index (κ3) is 4.42. The van der Waals surface area contributed by atoms with Crippen LogP contribution in [0.25, 0.3) is 0 Å². The van der Waals surface area contributed by atoms with E-state index in [1.165, 1.54) is 16.8 Å². The van der Waals surface area contributed by atoms with Crippen LogP contribution in [0.1, 0.15) is 22.5 Å². The van der Waals surface area contributed by atoms with E-state index in [0.29, 0.717) is 6.54 Å². The molecule has 1 aromatic heterocycles. The third-order valence-electron chi connectivity index (χ3n) is 3.64. The Kier molecular flexibility index (Phi) is 7.12. The van der Waals surface area contributed by atoms with Crippen LogP contribution in [-0.4, -0.2) is 16.4 Å². The lowest BCUT2D eigenvalue weighted by molar-refractivity contribution is 0.243. The predicted octanol–water partition coefficient (Wildman–Crippen LogP) is 2.94. The largest absolute Gasteiger partial charge is 0.325 e. The molecule has 1 aromatic carbocycles. The van der Waals surface area contributed by atoms with Gasteiger partial charge in [0.15, 0.2) is 0 Å². The van der Waals surface area contributed by atoms with Crippen molar-refractivity contribution < 1.29 is 0 Å². The summed E-state index contributed by atoms with van der Waals surface area (Å²) in [6.45, 7) is 3.60. The fourth-order valence-electron chi connectivity index (χ4n) is 2.61. The van der Waals surface area contributed by atoms with Crippen LogP contribution in [0, 0.1) is 0 Å². The van der Waals surface area contributed by atoms with Crippen molar-refractivity contribution in [2.45, 2.75) is 26.1 Å². The van der Waals surface area contributed by atoms with Gasteiger partial charge in [0, 0.05) is 38.3 Å². The van der Waals surface area contributed by atoms with Gasteiger partial charge >= 0.3 is 0 Å². The number of nitrogens with two attached hydrogens (primary N) is 1. The number of nitrogens with zero attached hydrogens (tertiary/aromatic N) is 2. The fraction of sp³-hybridized carbons (Fsp3) is 0.312. The third-order valence-corrected chi connectivity index (χ3v) is 3.64. The van der Waals surface area contributed by atoms with Crippen molar-refractivity contribution in [1.29, 1.82) is 0 Å². The zero-order valence-electron chi connectivity index (χ0n) is 11.9.